The van der Waals surface area contributed by atoms with E-state index in [4.69, 9.17) is 0 Å². The average molecular weight is 669 g/mol. The molecule has 2 N–H and O–H groups in total. The van der Waals surface area contributed by atoms with Gasteiger partial charge < -0.3 is 0 Å². The summed E-state index contributed by atoms with van der Waals surface area (Å²) in [4.78, 5) is 7.67. The van der Waals surface area contributed by atoms with Gasteiger partial charge in [0, 0.05) is 0 Å². The summed E-state index contributed by atoms with van der Waals surface area (Å²) < 4.78 is 3.07. The molecule has 43 heavy (non-hydrogen) atoms. The van der Waals surface area contributed by atoms with Crippen LogP contribution in [0.1, 0.15) is 109 Å². The molecule has 12 aliphatic heterocycles. The Morgan fingerprint density at radius 3 is 1.42 bits per heavy atom. The summed E-state index contributed by atoms with van der Waals surface area (Å²) in [7, 11) is 3.94. The van der Waals surface area contributed by atoms with Gasteiger partial charge >= 0.3 is 260 Å². The van der Waals surface area contributed by atoms with E-state index in [2.05, 4.69) is 103 Å². The molecular weight excluding hydrogens is 602 g/mol. The van der Waals surface area contributed by atoms with Crippen LogP contribution in [-0.4, -0.2) is 47.8 Å². The number of hydrogen-bond donors (Lipinski definition) is 2. The Hall–Kier alpha value is 1.30. The van der Waals surface area contributed by atoms with Crippen LogP contribution < -0.4 is 10.6 Å². The SMILES string of the molecule is CC(C)(C)P(C[C]12[C]3(C(P)(C4CCCNC4)C4CCCNC4)[CH]4[C]5(C(C)(C)C)[C]1(C(C)(C)C)[Fe]42351678[CH]2[CH]1[CH]6[CH]7[CH]28)C(C)(C)C. The Balaban J connectivity index is 1.23. The molecule has 0 bridgehead atoms. The minimum atomic E-state index is -4.38. The molecular formula is C38H66FeN2P2. The van der Waals surface area contributed by atoms with E-state index in [0.29, 0.717) is 26.3 Å². The van der Waals surface area contributed by atoms with Crippen molar-refractivity contribution in [1.82, 2.24) is 10.6 Å². The fourth-order valence-electron chi connectivity index (χ4n) is 29.1. The summed E-state index contributed by atoms with van der Waals surface area (Å²) in [6.07, 6.45) is 7.50. The Labute approximate surface area is 258 Å². The normalized spacial score (nSPS) is 70.7. The zero-order valence-corrected chi connectivity index (χ0v) is 33.0. The molecule has 12 fully saturated rings. The molecule has 2 nitrogen and oxygen atoms in total. The second-order valence-electron chi connectivity index (χ2n) is 24.5. The topological polar surface area (TPSA) is 24.1 Å². The summed E-state index contributed by atoms with van der Waals surface area (Å²) in [5, 5.41) is 9.42. The zero-order chi connectivity index (χ0) is 30.8. The third kappa shape index (κ3) is 0.685. The minimum absolute atomic E-state index is 0.105. The molecule has 12 aliphatic rings. The van der Waals surface area contributed by atoms with Crippen LogP contribution in [0.15, 0.2) is 0 Å². The van der Waals surface area contributed by atoms with Crippen molar-refractivity contribution in [2.75, 3.05) is 32.3 Å². The maximum atomic E-state index is 4.05. The number of fused-ring (bicyclic) bond motifs is 10. The van der Waals surface area contributed by atoms with E-state index in [1.807, 2.05) is 0 Å². The van der Waals surface area contributed by atoms with Crippen LogP contribution in [0.4, 0.5) is 0 Å². The van der Waals surface area contributed by atoms with Gasteiger partial charge in [-0.05, 0) is 0 Å². The first-order valence-electron chi connectivity index (χ1n) is 18.7. The first-order valence-corrected chi connectivity index (χ1v) is 26.8. The van der Waals surface area contributed by atoms with Crippen LogP contribution in [0.3, 0.4) is 0 Å². The quantitative estimate of drug-likeness (QED) is 0.225. The van der Waals surface area contributed by atoms with E-state index in [0.717, 1.165) is 29.1 Å². The maximum absolute atomic E-state index is 4.38. The zero-order valence-electron chi connectivity index (χ0n) is 29.9. The molecule has 0 aromatic carbocycles. The van der Waals surface area contributed by atoms with E-state index in [-0.39, 0.29) is 7.92 Å². The number of piperidine rings is 2. The van der Waals surface area contributed by atoms with Crippen LogP contribution in [-0.2, 0) is 6.51 Å². The third-order valence-electron chi connectivity index (χ3n) is 24.2. The average Bonchev–Trinajstić information content (AvgIpc) is 3.84. The predicted molar refractivity (Wildman–Crippen MR) is 187 cm³/mol. The van der Waals surface area contributed by atoms with E-state index < -0.39 is 6.51 Å². The van der Waals surface area contributed by atoms with Crippen LogP contribution in [0.25, 0.3) is 0 Å². The van der Waals surface area contributed by atoms with Gasteiger partial charge in [-0.2, -0.15) is 0 Å². The van der Waals surface area contributed by atoms with E-state index in [1.165, 1.54) is 80.8 Å². The summed E-state index contributed by atoms with van der Waals surface area (Å²) in [6.45, 7) is 33.8. The summed E-state index contributed by atoms with van der Waals surface area (Å²) in [6, 6.07) is 0. The van der Waals surface area contributed by atoms with Gasteiger partial charge in [0.1, 0.15) is 0 Å². The molecule has 8 atom stereocenters. The van der Waals surface area contributed by atoms with Crippen LogP contribution in [0, 0.1) is 22.7 Å². The molecule has 0 radical (unpaired) electrons. The first-order chi connectivity index (χ1) is 19.5. The van der Waals surface area contributed by atoms with E-state index >= 15 is 0 Å². The van der Waals surface area contributed by atoms with Crippen LogP contribution in [0.5, 0.6) is 0 Å². The van der Waals surface area contributed by atoms with Crippen molar-refractivity contribution in [1.29, 1.82) is 0 Å². The van der Waals surface area contributed by atoms with Crippen molar-refractivity contribution in [3.05, 3.63) is 0 Å². The summed E-state index contributed by atoms with van der Waals surface area (Å²) in [5.41, 5.74) is 0.947. The van der Waals surface area contributed by atoms with Gasteiger partial charge in [-0.15, -0.1) is 0 Å². The van der Waals surface area contributed by atoms with Gasteiger partial charge in [-0.3, -0.25) is 0 Å². The van der Waals surface area contributed by atoms with Crippen molar-refractivity contribution in [2.45, 2.75) is 170 Å². The van der Waals surface area contributed by atoms with Crippen molar-refractivity contribution >= 4 is 17.2 Å². The molecule has 1 spiro atoms. The van der Waals surface area contributed by atoms with Gasteiger partial charge in [0.15, 0.2) is 0 Å². The third-order valence-corrected chi connectivity index (χ3v) is 75.6. The van der Waals surface area contributed by atoms with Crippen LogP contribution in [0.2, 0.25) is 46.2 Å². The standard InChI is InChI=1S/C33H61N2P2.C5H5.Fe/c1-29(2,3)27-19-26(33(36,23-15-13-17-34-20-23)24-16-14-18-35-21-24)25(28(27)30(4,5)6)22-37(31(7,8)9)32(10,11)12;1-2-4-5-3-1;/h19,23-24,34-35H,13-18,20-22,36H2,1-12H3;1-5H;. The van der Waals surface area contributed by atoms with Crippen molar-refractivity contribution in [3.63, 3.8) is 0 Å². The van der Waals surface area contributed by atoms with Crippen LogP contribution >= 0.6 is 17.2 Å². The van der Waals surface area contributed by atoms with Crippen molar-refractivity contribution < 1.29 is 6.51 Å². The Morgan fingerprint density at radius 1 is 0.674 bits per heavy atom. The molecule has 12 heterocycles. The molecule has 0 aromatic rings. The number of nitrogens with one attached hydrogen (secondary N) is 2. The molecule has 12 rings (SSSR count). The Bertz CT molecular complexity index is 1750. The summed E-state index contributed by atoms with van der Waals surface area (Å²) in [5.74, 6) is 1.75. The fraction of sp³-hybridized carbons (Fsp3) is 1.00. The van der Waals surface area contributed by atoms with Crippen molar-refractivity contribution in [3.8, 4) is 0 Å². The number of hydrogen-bond acceptors (Lipinski definition) is 2. The monoisotopic (exact) mass is 668 g/mol. The molecule has 0 saturated carbocycles. The molecule has 8 unspecified atom stereocenters. The van der Waals surface area contributed by atoms with Gasteiger partial charge in [0.05, 0.1) is 0 Å². The first kappa shape index (κ1) is 27.2. The Kier molecular flexibility index (Phi) is 2.56. The van der Waals surface area contributed by atoms with Gasteiger partial charge in [-0.1, -0.05) is 0 Å². The summed E-state index contributed by atoms with van der Waals surface area (Å²) >= 11 is 0. The van der Waals surface area contributed by atoms with Gasteiger partial charge in [-0.25, -0.2) is 0 Å². The van der Waals surface area contributed by atoms with Gasteiger partial charge in [0.2, 0.25) is 0 Å². The van der Waals surface area contributed by atoms with E-state index in [1.54, 1.807) is 6.16 Å². The molecule has 0 aliphatic carbocycles. The second-order valence-corrected chi connectivity index (χ2v) is 52.0. The molecule has 0 amide bonds. The molecule has 5 heteroatoms. The Morgan fingerprint density at radius 2 is 1.12 bits per heavy atom. The van der Waals surface area contributed by atoms with E-state index in [9.17, 15) is 0 Å². The molecule has 12 saturated heterocycles. The molecule has 0 aromatic heterocycles. The number of rotatable bonds is 5. The predicted octanol–water partition coefficient (Wildman–Crippen LogP) is 10.6. The molecule has 246 valence electrons. The fourth-order valence-corrected chi connectivity index (χ4v) is 127. The van der Waals surface area contributed by atoms with Crippen molar-refractivity contribution in [2.24, 2.45) is 22.7 Å². The second kappa shape index (κ2) is 4.05. The van der Waals surface area contributed by atoms with Gasteiger partial charge in [0.25, 0.3) is 0 Å².